The summed E-state index contributed by atoms with van der Waals surface area (Å²) >= 11 is 6.50. The average molecular weight is 443 g/mol. The van der Waals surface area contributed by atoms with Gasteiger partial charge in [0.2, 0.25) is 0 Å². The highest BCUT2D eigenvalue weighted by atomic mass is 35.5. The zero-order valence-electron chi connectivity index (χ0n) is 18.8. The van der Waals surface area contributed by atoms with E-state index < -0.39 is 11.7 Å². The van der Waals surface area contributed by atoms with Crippen molar-refractivity contribution in [3.63, 3.8) is 0 Å². The molecular formula is C24H39ClO5. The summed E-state index contributed by atoms with van der Waals surface area (Å²) in [4.78, 5) is 24.2. The fraction of sp³-hybridized carbons (Fsp3) is 0.833. The summed E-state index contributed by atoms with van der Waals surface area (Å²) in [6, 6.07) is 0. The molecule has 172 valence electrons. The largest absolute Gasteiger partial charge is 0.458 e. The van der Waals surface area contributed by atoms with Crippen LogP contribution < -0.4 is 0 Å². The standard InChI is InChI=1S/C24H39ClO5/c1-24(2,3)30-23(28)16-29-14-8-7-11-18-19(22(27)15-20(18)25)12-13-21(26)17-9-5-4-6-10-17/h7-8,17-20,22,27H,4-6,9-16H2,1-3H3/b8-7-/t18?,19?,20-,22-/m0/s1. The van der Waals surface area contributed by atoms with E-state index in [1.165, 1.54) is 6.42 Å². The SMILES string of the molecule is CC(C)(C)OC(=O)COC/C=C\CC1C(CCC(=O)C2CCCCC2)[C@@H](O)C[C@@H]1Cl. The van der Waals surface area contributed by atoms with E-state index in [1.54, 1.807) is 0 Å². The number of hydrogen-bond acceptors (Lipinski definition) is 5. The second kappa shape index (κ2) is 12.2. The molecule has 6 heteroatoms. The molecule has 1 N–H and O–H groups in total. The van der Waals surface area contributed by atoms with Crippen molar-refractivity contribution in [2.24, 2.45) is 17.8 Å². The van der Waals surface area contributed by atoms with Gasteiger partial charge in [0.1, 0.15) is 18.0 Å². The topological polar surface area (TPSA) is 72.8 Å². The first kappa shape index (κ1) is 25.4. The van der Waals surface area contributed by atoms with Gasteiger partial charge in [0.05, 0.1) is 12.7 Å². The summed E-state index contributed by atoms with van der Waals surface area (Å²) in [7, 11) is 0. The number of esters is 1. The number of halogens is 1. The molecular weight excluding hydrogens is 404 g/mol. The minimum absolute atomic E-state index is 0.0624. The molecule has 2 saturated carbocycles. The Morgan fingerprint density at radius 2 is 1.80 bits per heavy atom. The number of allylic oxidation sites excluding steroid dienone is 1. The van der Waals surface area contributed by atoms with Crippen LogP contribution in [0.3, 0.4) is 0 Å². The van der Waals surface area contributed by atoms with E-state index in [1.807, 2.05) is 32.9 Å². The maximum absolute atomic E-state index is 12.5. The minimum Gasteiger partial charge on any atom is -0.458 e. The molecule has 30 heavy (non-hydrogen) atoms. The summed E-state index contributed by atoms with van der Waals surface area (Å²) in [6.07, 6.45) is 11.7. The van der Waals surface area contributed by atoms with E-state index in [9.17, 15) is 14.7 Å². The van der Waals surface area contributed by atoms with Gasteiger partial charge in [-0.1, -0.05) is 31.4 Å². The third-order valence-corrected chi connectivity index (χ3v) is 6.69. The van der Waals surface area contributed by atoms with E-state index in [4.69, 9.17) is 21.1 Å². The molecule has 0 saturated heterocycles. The Morgan fingerprint density at radius 1 is 1.10 bits per heavy atom. The Bertz CT molecular complexity index is 577. The molecule has 5 nitrogen and oxygen atoms in total. The number of Topliss-reactive ketones (excluding diaryl/α,β-unsaturated/α-hetero) is 1. The molecule has 0 amide bonds. The monoisotopic (exact) mass is 442 g/mol. The molecule has 2 unspecified atom stereocenters. The second-order valence-electron chi connectivity index (χ2n) is 9.80. The van der Waals surface area contributed by atoms with Crippen LogP contribution in [0, 0.1) is 17.8 Å². The minimum atomic E-state index is -0.512. The number of alkyl halides is 1. The fourth-order valence-corrected chi connectivity index (χ4v) is 5.18. The van der Waals surface area contributed by atoms with Gasteiger partial charge in [0.25, 0.3) is 0 Å². The average Bonchev–Trinajstić information content (AvgIpc) is 2.94. The Kier molecular flexibility index (Phi) is 10.3. The molecule has 2 rings (SSSR count). The van der Waals surface area contributed by atoms with E-state index in [0.717, 1.165) is 32.1 Å². The third kappa shape index (κ3) is 8.68. The highest BCUT2D eigenvalue weighted by Gasteiger charge is 2.40. The lowest BCUT2D eigenvalue weighted by Crippen LogP contribution is -2.26. The smallest absolute Gasteiger partial charge is 0.332 e. The van der Waals surface area contributed by atoms with Gasteiger partial charge in [-0.25, -0.2) is 4.79 Å². The second-order valence-corrected chi connectivity index (χ2v) is 10.4. The van der Waals surface area contributed by atoms with Gasteiger partial charge in [-0.3, -0.25) is 4.79 Å². The van der Waals surface area contributed by atoms with E-state index in [2.05, 4.69) is 0 Å². The van der Waals surface area contributed by atoms with Crippen LogP contribution in [0.4, 0.5) is 0 Å². The van der Waals surface area contributed by atoms with Crippen molar-refractivity contribution in [2.75, 3.05) is 13.2 Å². The van der Waals surface area contributed by atoms with Gasteiger partial charge in [-0.2, -0.15) is 0 Å². The summed E-state index contributed by atoms with van der Waals surface area (Å²) in [6.45, 7) is 5.72. The summed E-state index contributed by atoms with van der Waals surface area (Å²) in [5.41, 5.74) is -0.512. The zero-order chi connectivity index (χ0) is 22.1. The molecule has 4 atom stereocenters. The predicted octanol–water partition coefficient (Wildman–Crippen LogP) is 4.83. The van der Waals surface area contributed by atoms with Crippen LogP contribution in [0.2, 0.25) is 0 Å². The summed E-state index contributed by atoms with van der Waals surface area (Å²) < 4.78 is 10.5. The zero-order valence-corrected chi connectivity index (χ0v) is 19.5. The molecule has 0 aromatic carbocycles. The number of hydrogen-bond donors (Lipinski definition) is 1. The van der Waals surface area contributed by atoms with Gasteiger partial charge in [0.15, 0.2) is 0 Å². The maximum Gasteiger partial charge on any atom is 0.332 e. The number of aliphatic hydroxyl groups is 1. The van der Waals surface area contributed by atoms with Crippen LogP contribution >= 0.6 is 11.6 Å². The van der Waals surface area contributed by atoms with Crippen molar-refractivity contribution in [1.29, 1.82) is 0 Å². The van der Waals surface area contributed by atoms with Crippen LogP contribution in [0.5, 0.6) is 0 Å². The normalized spacial score (nSPS) is 28.2. The molecule has 0 aliphatic heterocycles. The van der Waals surface area contributed by atoms with E-state index >= 15 is 0 Å². The Hall–Kier alpha value is -0.910. The lowest BCUT2D eigenvalue weighted by molar-refractivity contribution is -0.159. The first-order chi connectivity index (χ1) is 14.2. The molecule has 0 bridgehead atoms. The number of ketones is 1. The predicted molar refractivity (Wildman–Crippen MR) is 118 cm³/mol. The Labute approximate surface area is 186 Å². The molecule has 0 aromatic rings. The number of ether oxygens (including phenoxy) is 2. The van der Waals surface area contributed by atoms with Crippen molar-refractivity contribution in [1.82, 2.24) is 0 Å². The van der Waals surface area contributed by atoms with Gasteiger partial charge in [0, 0.05) is 17.7 Å². The highest BCUT2D eigenvalue weighted by molar-refractivity contribution is 6.21. The lowest BCUT2D eigenvalue weighted by Gasteiger charge is -2.24. The highest BCUT2D eigenvalue weighted by Crippen LogP contribution is 2.41. The van der Waals surface area contributed by atoms with Gasteiger partial charge in [-0.15, -0.1) is 11.6 Å². The van der Waals surface area contributed by atoms with Gasteiger partial charge < -0.3 is 14.6 Å². The van der Waals surface area contributed by atoms with Gasteiger partial charge in [-0.05, 0) is 64.7 Å². The molecule has 0 spiro atoms. The van der Waals surface area contributed by atoms with Crippen molar-refractivity contribution in [3.05, 3.63) is 12.2 Å². The fourth-order valence-electron chi connectivity index (χ4n) is 4.70. The molecule has 0 heterocycles. The van der Waals surface area contributed by atoms with E-state index in [-0.39, 0.29) is 35.7 Å². The van der Waals surface area contributed by atoms with Crippen molar-refractivity contribution < 1.29 is 24.2 Å². The number of carbonyl (C=O) groups excluding carboxylic acids is 2. The molecule has 2 aliphatic carbocycles. The first-order valence-electron chi connectivity index (χ1n) is 11.5. The van der Waals surface area contributed by atoms with Crippen LogP contribution in [-0.4, -0.2) is 47.2 Å². The number of carbonyl (C=O) groups is 2. The maximum atomic E-state index is 12.5. The Balaban J connectivity index is 1.72. The molecule has 0 radical (unpaired) electrons. The third-order valence-electron chi connectivity index (χ3n) is 6.19. The summed E-state index contributed by atoms with van der Waals surface area (Å²) in [5.74, 6) is 0.433. The van der Waals surface area contributed by atoms with E-state index in [0.29, 0.717) is 31.7 Å². The number of rotatable bonds is 10. The van der Waals surface area contributed by atoms with Crippen LogP contribution in [0.1, 0.15) is 78.6 Å². The quantitative estimate of drug-likeness (QED) is 0.227. The van der Waals surface area contributed by atoms with Crippen molar-refractivity contribution in [2.45, 2.75) is 95.6 Å². The van der Waals surface area contributed by atoms with Gasteiger partial charge >= 0.3 is 5.97 Å². The molecule has 2 fully saturated rings. The first-order valence-corrected chi connectivity index (χ1v) is 11.9. The lowest BCUT2D eigenvalue weighted by atomic mass is 9.81. The van der Waals surface area contributed by atoms with Crippen LogP contribution in [0.25, 0.3) is 0 Å². The number of aliphatic hydroxyl groups excluding tert-OH is 1. The van der Waals surface area contributed by atoms with Crippen molar-refractivity contribution >= 4 is 23.4 Å². The van der Waals surface area contributed by atoms with Crippen LogP contribution in [0.15, 0.2) is 12.2 Å². The van der Waals surface area contributed by atoms with Crippen molar-refractivity contribution in [3.8, 4) is 0 Å². The molecule has 0 aromatic heterocycles. The molecule has 2 aliphatic rings. The summed E-state index contributed by atoms with van der Waals surface area (Å²) in [5, 5.41) is 10.4. The van der Waals surface area contributed by atoms with Crippen LogP contribution in [-0.2, 0) is 19.1 Å². The Morgan fingerprint density at radius 3 is 2.47 bits per heavy atom.